The molecule has 0 saturated heterocycles. The van der Waals surface area contributed by atoms with Crippen LogP contribution in [0.5, 0.6) is 0 Å². The zero-order chi connectivity index (χ0) is 10.4. The van der Waals surface area contributed by atoms with Crippen LogP contribution in [0.3, 0.4) is 0 Å². The topological polar surface area (TPSA) is 0 Å². The SMILES string of the molecule is CC(C)(C)PC(C)(C)C.[Cl][Pd][Cl].[Pd]. The molecule has 0 aliphatic carbocycles. The Morgan fingerprint density at radius 1 is 0.846 bits per heavy atom. The Bertz CT molecular complexity index is 95.7. The molecule has 0 aromatic heterocycles. The summed E-state index contributed by atoms with van der Waals surface area (Å²) in [7, 11) is 10.7. The van der Waals surface area contributed by atoms with E-state index in [0.717, 1.165) is 8.58 Å². The summed E-state index contributed by atoms with van der Waals surface area (Å²) in [6, 6.07) is 0. The van der Waals surface area contributed by atoms with Crippen LogP contribution in [0.2, 0.25) is 0 Å². The van der Waals surface area contributed by atoms with Crippen LogP contribution in [0.15, 0.2) is 0 Å². The third kappa shape index (κ3) is 31.4. The van der Waals surface area contributed by atoms with Gasteiger partial charge >= 0.3 is 35.0 Å². The van der Waals surface area contributed by atoms with E-state index in [0.29, 0.717) is 10.3 Å². The van der Waals surface area contributed by atoms with Crippen LogP contribution in [0.25, 0.3) is 0 Å². The number of halogens is 2. The molecule has 0 saturated carbocycles. The summed E-state index contributed by atoms with van der Waals surface area (Å²) in [4.78, 5) is 0. The summed E-state index contributed by atoms with van der Waals surface area (Å²) >= 11 is -0.106. The Balaban J connectivity index is -0.000000220. The second-order valence-electron chi connectivity index (χ2n) is 4.67. The third-order valence-corrected chi connectivity index (χ3v) is 2.25. The van der Waals surface area contributed by atoms with Crippen molar-refractivity contribution in [2.45, 2.75) is 51.9 Å². The van der Waals surface area contributed by atoms with Gasteiger partial charge in [-0.25, -0.2) is 0 Å². The van der Waals surface area contributed by atoms with Crippen molar-refractivity contribution >= 4 is 27.6 Å². The normalized spacial score (nSPS) is 11.4. The van der Waals surface area contributed by atoms with E-state index in [1.165, 1.54) is 0 Å². The predicted octanol–water partition coefficient (Wildman–Crippen LogP) is 4.64. The summed E-state index contributed by atoms with van der Waals surface area (Å²) in [5, 5.41) is 1.02. The quantitative estimate of drug-likeness (QED) is 0.389. The monoisotopic (exact) mass is 428 g/mol. The van der Waals surface area contributed by atoms with E-state index in [9.17, 15) is 0 Å². The zero-order valence-corrected chi connectivity index (χ0v) is 14.5. The summed E-state index contributed by atoms with van der Waals surface area (Å²) in [6.45, 7) is 13.8. The average Bonchev–Trinajstić information content (AvgIpc) is 1.53. The smallest absolute Gasteiger partial charge is 0 e. The molecule has 0 bridgehead atoms. The van der Waals surface area contributed by atoms with Gasteiger partial charge in [-0.1, -0.05) is 41.5 Å². The van der Waals surface area contributed by atoms with Crippen LogP contribution in [0.1, 0.15) is 41.5 Å². The van der Waals surface area contributed by atoms with Gasteiger partial charge in [0.15, 0.2) is 0 Å². The number of hydrogen-bond acceptors (Lipinski definition) is 0. The van der Waals surface area contributed by atoms with Crippen molar-refractivity contribution in [1.82, 2.24) is 0 Å². The van der Waals surface area contributed by atoms with Crippen molar-refractivity contribution in [1.29, 1.82) is 0 Å². The zero-order valence-electron chi connectivity index (χ0n) is 8.89. The Labute approximate surface area is 115 Å². The average molecular weight is 430 g/mol. The molecule has 5 heteroatoms. The van der Waals surface area contributed by atoms with E-state index in [1.54, 1.807) is 0 Å². The minimum Gasteiger partial charge on any atom is 0 e. The molecule has 0 aliphatic heterocycles. The molecular formula is C8H19Cl2PPd2. The first kappa shape index (κ1) is 20.7. The number of hydrogen-bond donors (Lipinski definition) is 0. The first-order chi connectivity index (χ1) is 5.12. The Hall–Kier alpha value is 2.33. The standard InChI is InChI=1S/C8H19P.2ClH.2Pd/c1-7(2,3)9-8(4,5)6;;;;/h9H,1-6H3;2*1H;;/q;;;;+2/p-2. The molecule has 13 heavy (non-hydrogen) atoms. The minimum atomic E-state index is -0.106. The molecule has 0 radical (unpaired) electrons. The van der Waals surface area contributed by atoms with Crippen molar-refractivity contribution in [2.75, 3.05) is 0 Å². The molecule has 0 fully saturated rings. The Kier molecular flexibility index (Phi) is 15.2. The summed E-state index contributed by atoms with van der Waals surface area (Å²) < 4.78 is 0. The number of rotatable bonds is 0. The van der Waals surface area contributed by atoms with Gasteiger partial charge in [0.05, 0.1) is 0 Å². The van der Waals surface area contributed by atoms with Crippen LogP contribution in [0.4, 0.5) is 0 Å². The van der Waals surface area contributed by atoms with Gasteiger partial charge in [-0.05, 0) is 10.3 Å². The fourth-order valence-electron chi connectivity index (χ4n) is 1.12. The predicted molar refractivity (Wildman–Crippen MR) is 59.5 cm³/mol. The summed E-state index contributed by atoms with van der Waals surface area (Å²) in [5.74, 6) is 0. The van der Waals surface area contributed by atoms with E-state index in [1.807, 2.05) is 0 Å². The largest absolute Gasteiger partial charge is 0 e. The molecule has 0 amide bonds. The second kappa shape index (κ2) is 9.55. The van der Waals surface area contributed by atoms with Crippen molar-refractivity contribution in [2.24, 2.45) is 0 Å². The Morgan fingerprint density at radius 3 is 1.00 bits per heavy atom. The maximum atomic E-state index is 4.81. The van der Waals surface area contributed by atoms with Gasteiger partial charge in [-0.3, -0.25) is 0 Å². The van der Waals surface area contributed by atoms with Crippen molar-refractivity contribution in [3.63, 3.8) is 0 Å². The van der Waals surface area contributed by atoms with Gasteiger partial charge in [-0.15, -0.1) is 8.58 Å². The van der Waals surface area contributed by atoms with Gasteiger partial charge in [0.2, 0.25) is 0 Å². The van der Waals surface area contributed by atoms with Gasteiger partial charge < -0.3 is 0 Å². The molecule has 0 rings (SSSR count). The van der Waals surface area contributed by atoms with E-state index >= 15 is 0 Å². The molecule has 0 N–H and O–H groups in total. The van der Waals surface area contributed by atoms with Gasteiger partial charge in [0.1, 0.15) is 0 Å². The van der Waals surface area contributed by atoms with Crippen molar-refractivity contribution in [3.05, 3.63) is 0 Å². The minimum absolute atomic E-state index is 0. The van der Waals surface area contributed by atoms with Crippen molar-refractivity contribution < 1.29 is 36.4 Å². The first-order valence-electron chi connectivity index (χ1n) is 3.74. The summed E-state index contributed by atoms with van der Waals surface area (Å²) in [6.07, 6.45) is 0. The van der Waals surface area contributed by atoms with E-state index in [4.69, 9.17) is 19.1 Å². The van der Waals surface area contributed by atoms with Crippen LogP contribution < -0.4 is 0 Å². The van der Waals surface area contributed by atoms with Crippen LogP contribution in [-0.2, 0) is 36.4 Å². The fourth-order valence-corrected chi connectivity index (χ4v) is 3.38. The molecule has 90 valence electrons. The van der Waals surface area contributed by atoms with Crippen molar-refractivity contribution in [3.8, 4) is 0 Å². The molecular weight excluding hydrogens is 411 g/mol. The van der Waals surface area contributed by atoms with Gasteiger partial charge in [0.25, 0.3) is 0 Å². The Morgan fingerprint density at radius 2 is 1.00 bits per heavy atom. The van der Waals surface area contributed by atoms with E-state index in [2.05, 4.69) is 41.5 Å². The molecule has 0 atom stereocenters. The van der Waals surface area contributed by atoms with E-state index < -0.39 is 0 Å². The van der Waals surface area contributed by atoms with Gasteiger partial charge in [-0.2, -0.15) is 0 Å². The van der Waals surface area contributed by atoms with E-state index in [-0.39, 0.29) is 36.4 Å². The van der Waals surface area contributed by atoms with Crippen LogP contribution in [0, 0.1) is 0 Å². The first-order valence-corrected chi connectivity index (χ1v) is 8.74. The molecule has 0 aliphatic rings. The molecule has 0 aromatic carbocycles. The maximum Gasteiger partial charge on any atom is 0 e. The fraction of sp³-hybridized carbons (Fsp3) is 1.00. The maximum absolute atomic E-state index is 4.81. The molecule has 0 unspecified atom stereocenters. The van der Waals surface area contributed by atoms with Crippen LogP contribution in [-0.4, -0.2) is 10.3 Å². The molecule has 0 spiro atoms. The second-order valence-corrected chi connectivity index (χ2v) is 10.3. The molecule has 0 heterocycles. The van der Waals surface area contributed by atoms with Crippen LogP contribution >= 0.6 is 27.6 Å². The van der Waals surface area contributed by atoms with Gasteiger partial charge in [0, 0.05) is 20.4 Å². The summed E-state index contributed by atoms with van der Waals surface area (Å²) in [5.41, 5.74) is 0. The third-order valence-electron chi connectivity index (χ3n) is 0.750. The molecule has 0 aromatic rings. The molecule has 0 nitrogen and oxygen atoms in total.